The summed E-state index contributed by atoms with van der Waals surface area (Å²) in [6.45, 7) is 5.48. The molecule has 1 aromatic rings. The topological polar surface area (TPSA) is 50.5 Å². The second-order valence-corrected chi connectivity index (χ2v) is 5.33. The van der Waals surface area contributed by atoms with Gasteiger partial charge in [-0.05, 0) is 25.8 Å². The van der Waals surface area contributed by atoms with Crippen molar-refractivity contribution in [2.24, 2.45) is 0 Å². The molecule has 0 unspecified atom stereocenters. The molecule has 1 saturated heterocycles. The molecule has 1 fully saturated rings. The number of nitrogens with one attached hydrogen (secondary N) is 1. The standard InChI is InChI=1S/C15H24FN3O/c1-3-6-19-7-4-11(5-8-19)18-14-10-15(20-2)13(17)9-12(14)16/h9-11,18H,3-8,17H2,1-2H3. The van der Waals surface area contributed by atoms with Gasteiger partial charge in [0.25, 0.3) is 0 Å². The van der Waals surface area contributed by atoms with E-state index >= 15 is 0 Å². The molecule has 0 bridgehead atoms. The van der Waals surface area contributed by atoms with Crippen molar-refractivity contribution in [2.45, 2.75) is 32.2 Å². The predicted octanol–water partition coefficient (Wildman–Crippen LogP) is 2.70. The third kappa shape index (κ3) is 3.54. The normalized spacial score (nSPS) is 17.1. The van der Waals surface area contributed by atoms with Gasteiger partial charge >= 0.3 is 0 Å². The maximum absolute atomic E-state index is 13.9. The van der Waals surface area contributed by atoms with Crippen LogP contribution in [0.5, 0.6) is 5.75 Å². The van der Waals surface area contributed by atoms with Gasteiger partial charge in [0.2, 0.25) is 0 Å². The maximum atomic E-state index is 13.9. The van der Waals surface area contributed by atoms with Gasteiger partial charge in [-0.15, -0.1) is 0 Å². The molecule has 20 heavy (non-hydrogen) atoms. The lowest BCUT2D eigenvalue weighted by atomic mass is 10.0. The number of nitrogens with two attached hydrogens (primary N) is 1. The Morgan fingerprint density at radius 1 is 1.40 bits per heavy atom. The summed E-state index contributed by atoms with van der Waals surface area (Å²) < 4.78 is 19.0. The summed E-state index contributed by atoms with van der Waals surface area (Å²) in [5.74, 6) is 0.191. The first-order valence-electron chi connectivity index (χ1n) is 7.26. The summed E-state index contributed by atoms with van der Waals surface area (Å²) >= 11 is 0. The zero-order valence-electron chi connectivity index (χ0n) is 12.3. The lowest BCUT2D eigenvalue weighted by Gasteiger charge is -2.32. The van der Waals surface area contributed by atoms with Crippen LogP contribution in [0.15, 0.2) is 12.1 Å². The second kappa shape index (κ2) is 6.79. The first-order chi connectivity index (χ1) is 9.63. The Kier molecular flexibility index (Phi) is 5.06. The van der Waals surface area contributed by atoms with Crippen molar-refractivity contribution >= 4 is 11.4 Å². The average molecular weight is 281 g/mol. The minimum Gasteiger partial charge on any atom is -0.495 e. The average Bonchev–Trinajstić information content (AvgIpc) is 2.44. The number of likely N-dealkylation sites (tertiary alicyclic amines) is 1. The number of hydrogen-bond acceptors (Lipinski definition) is 4. The summed E-state index contributed by atoms with van der Waals surface area (Å²) in [4.78, 5) is 2.46. The van der Waals surface area contributed by atoms with Gasteiger partial charge in [0, 0.05) is 31.3 Å². The van der Waals surface area contributed by atoms with Crippen molar-refractivity contribution in [1.82, 2.24) is 4.90 Å². The molecule has 2 rings (SSSR count). The molecular weight excluding hydrogens is 257 g/mol. The number of methoxy groups -OCH3 is 1. The minimum atomic E-state index is -0.320. The van der Waals surface area contributed by atoms with Crippen LogP contribution < -0.4 is 15.8 Å². The van der Waals surface area contributed by atoms with Gasteiger partial charge in [0.15, 0.2) is 0 Å². The van der Waals surface area contributed by atoms with E-state index in [4.69, 9.17) is 10.5 Å². The van der Waals surface area contributed by atoms with E-state index < -0.39 is 0 Å². The molecule has 4 nitrogen and oxygen atoms in total. The first kappa shape index (κ1) is 14.9. The number of nitrogens with zero attached hydrogens (tertiary/aromatic N) is 1. The van der Waals surface area contributed by atoms with Crippen molar-refractivity contribution in [1.29, 1.82) is 0 Å². The van der Waals surface area contributed by atoms with E-state index in [1.54, 1.807) is 6.07 Å². The molecule has 0 atom stereocenters. The molecule has 0 aliphatic carbocycles. The van der Waals surface area contributed by atoms with E-state index in [1.165, 1.54) is 19.6 Å². The highest BCUT2D eigenvalue weighted by Gasteiger charge is 2.20. The highest BCUT2D eigenvalue weighted by atomic mass is 19.1. The van der Waals surface area contributed by atoms with Crippen molar-refractivity contribution in [2.75, 3.05) is 37.8 Å². The third-order valence-electron chi connectivity index (χ3n) is 3.81. The summed E-state index contributed by atoms with van der Waals surface area (Å²) in [6, 6.07) is 3.27. The lowest BCUT2D eigenvalue weighted by Crippen LogP contribution is -2.39. The molecule has 0 amide bonds. The van der Waals surface area contributed by atoms with Gasteiger partial charge < -0.3 is 20.7 Å². The molecule has 1 aliphatic heterocycles. The largest absolute Gasteiger partial charge is 0.495 e. The van der Waals surface area contributed by atoms with Crippen molar-refractivity contribution in [3.05, 3.63) is 17.9 Å². The van der Waals surface area contributed by atoms with Gasteiger partial charge in [-0.1, -0.05) is 6.92 Å². The van der Waals surface area contributed by atoms with Gasteiger partial charge in [-0.3, -0.25) is 0 Å². The fourth-order valence-electron chi connectivity index (χ4n) is 2.69. The zero-order chi connectivity index (χ0) is 14.5. The van der Waals surface area contributed by atoms with E-state index in [0.29, 0.717) is 23.2 Å². The highest BCUT2D eigenvalue weighted by Crippen LogP contribution is 2.29. The summed E-state index contributed by atoms with van der Waals surface area (Å²) in [5.41, 5.74) is 6.49. The number of anilines is 2. The van der Waals surface area contributed by atoms with Crippen LogP contribution >= 0.6 is 0 Å². The van der Waals surface area contributed by atoms with Crippen molar-refractivity contribution < 1.29 is 9.13 Å². The van der Waals surface area contributed by atoms with Gasteiger partial charge in [-0.2, -0.15) is 0 Å². The Morgan fingerprint density at radius 3 is 2.70 bits per heavy atom. The Bertz CT molecular complexity index is 445. The van der Waals surface area contributed by atoms with E-state index in [9.17, 15) is 4.39 Å². The van der Waals surface area contributed by atoms with Crippen LogP contribution in [0.2, 0.25) is 0 Å². The van der Waals surface area contributed by atoms with Crippen LogP contribution in [0.25, 0.3) is 0 Å². The van der Waals surface area contributed by atoms with Crippen molar-refractivity contribution in [3.8, 4) is 5.75 Å². The highest BCUT2D eigenvalue weighted by molar-refractivity contribution is 5.62. The number of nitrogen functional groups attached to an aromatic ring is 1. The smallest absolute Gasteiger partial charge is 0.148 e. The molecule has 1 heterocycles. The van der Waals surface area contributed by atoms with Crippen LogP contribution in [-0.4, -0.2) is 37.7 Å². The van der Waals surface area contributed by atoms with E-state index in [-0.39, 0.29) is 5.82 Å². The van der Waals surface area contributed by atoms with E-state index in [2.05, 4.69) is 17.1 Å². The number of hydrogen-bond donors (Lipinski definition) is 2. The van der Waals surface area contributed by atoms with Crippen LogP contribution in [0.4, 0.5) is 15.8 Å². The number of benzene rings is 1. The Balaban J connectivity index is 1.97. The van der Waals surface area contributed by atoms with Gasteiger partial charge in [0.1, 0.15) is 11.6 Å². The Hall–Kier alpha value is -1.49. The van der Waals surface area contributed by atoms with Gasteiger partial charge in [-0.25, -0.2) is 4.39 Å². The quantitative estimate of drug-likeness (QED) is 0.815. The van der Waals surface area contributed by atoms with E-state index in [0.717, 1.165) is 32.5 Å². The fourth-order valence-corrected chi connectivity index (χ4v) is 2.69. The van der Waals surface area contributed by atoms with Crippen LogP contribution in [-0.2, 0) is 0 Å². The number of piperidine rings is 1. The summed E-state index contributed by atoms with van der Waals surface area (Å²) in [6.07, 6.45) is 3.25. The molecular formula is C15H24FN3O. The zero-order valence-corrected chi connectivity index (χ0v) is 12.3. The lowest BCUT2D eigenvalue weighted by molar-refractivity contribution is 0.219. The van der Waals surface area contributed by atoms with Crippen LogP contribution in [0, 0.1) is 5.82 Å². The SMILES string of the molecule is CCCN1CCC(Nc2cc(OC)c(N)cc2F)CC1. The maximum Gasteiger partial charge on any atom is 0.148 e. The molecule has 0 saturated carbocycles. The molecule has 0 spiro atoms. The van der Waals surface area contributed by atoms with Crippen LogP contribution in [0.1, 0.15) is 26.2 Å². The van der Waals surface area contributed by atoms with Crippen molar-refractivity contribution in [3.63, 3.8) is 0 Å². The molecule has 5 heteroatoms. The number of rotatable bonds is 5. The number of halogens is 1. The molecule has 0 aromatic heterocycles. The summed E-state index contributed by atoms with van der Waals surface area (Å²) in [5, 5.41) is 3.28. The first-order valence-corrected chi connectivity index (χ1v) is 7.26. The predicted molar refractivity (Wildman–Crippen MR) is 80.7 cm³/mol. The fraction of sp³-hybridized carbons (Fsp3) is 0.600. The molecule has 0 radical (unpaired) electrons. The molecule has 112 valence electrons. The van der Waals surface area contributed by atoms with Gasteiger partial charge in [0.05, 0.1) is 18.5 Å². The Morgan fingerprint density at radius 2 is 2.10 bits per heavy atom. The minimum absolute atomic E-state index is 0.311. The van der Waals surface area contributed by atoms with Crippen LogP contribution in [0.3, 0.4) is 0 Å². The molecule has 1 aliphatic rings. The number of ether oxygens (including phenoxy) is 1. The van der Waals surface area contributed by atoms with E-state index in [1.807, 2.05) is 0 Å². The Labute approximate surface area is 120 Å². The molecule has 1 aromatic carbocycles. The second-order valence-electron chi connectivity index (χ2n) is 5.33. The summed E-state index contributed by atoms with van der Waals surface area (Å²) in [7, 11) is 1.54. The monoisotopic (exact) mass is 281 g/mol. The third-order valence-corrected chi connectivity index (χ3v) is 3.81. The molecule has 3 N–H and O–H groups in total.